The number of rotatable bonds is 3. The lowest BCUT2D eigenvalue weighted by Gasteiger charge is -2.42. The molecule has 1 aromatic carbocycles. The fraction of sp³-hybridized carbons (Fsp3) is 0.368. The molecule has 140 valence electrons. The summed E-state index contributed by atoms with van der Waals surface area (Å²) in [6.07, 6.45) is 2.55. The fourth-order valence-corrected chi connectivity index (χ4v) is 3.99. The number of nitrogens with two attached hydrogens (primary N) is 1. The third kappa shape index (κ3) is 2.87. The molecule has 2 aliphatic rings. The van der Waals surface area contributed by atoms with Gasteiger partial charge in [0.2, 0.25) is 0 Å². The molecule has 4 rings (SSSR count). The molecular formula is C19H22N6O2. The maximum Gasteiger partial charge on any atom is 0.327 e. The van der Waals surface area contributed by atoms with Crippen molar-refractivity contribution in [2.75, 3.05) is 30.8 Å². The third-order valence-corrected chi connectivity index (χ3v) is 5.51. The van der Waals surface area contributed by atoms with Crippen LogP contribution in [0.15, 0.2) is 42.7 Å². The van der Waals surface area contributed by atoms with Crippen LogP contribution in [0.2, 0.25) is 0 Å². The monoisotopic (exact) mass is 366 g/mol. The van der Waals surface area contributed by atoms with Crippen LogP contribution >= 0.6 is 0 Å². The zero-order chi connectivity index (χ0) is 19.0. The molecule has 0 saturated carbocycles. The van der Waals surface area contributed by atoms with Crippen molar-refractivity contribution in [2.24, 2.45) is 0 Å². The van der Waals surface area contributed by atoms with Gasteiger partial charge in [-0.15, -0.1) is 0 Å². The van der Waals surface area contributed by atoms with Gasteiger partial charge >= 0.3 is 6.03 Å². The summed E-state index contributed by atoms with van der Waals surface area (Å²) in [5.41, 5.74) is 5.97. The first-order chi connectivity index (χ1) is 13.0. The van der Waals surface area contributed by atoms with Crippen molar-refractivity contribution in [1.82, 2.24) is 19.8 Å². The Labute approximate surface area is 157 Å². The number of hydrogen-bond donors (Lipinski definition) is 1. The van der Waals surface area contributed by atoms with Crippen molar-refractivity contribution in [3.63, 3.8) is 0 Å². The number of nitrogens with zero attached hydrogens (tertiary/aromatic N) is 5. The van der Waals surface area contributed by atoms with Crippen LogP contribution in [-0.2, 0) is 11.3 Å². The average Bonchev–Trinajstić information content (AvgIpc) is 2.86. The maximum atomic E-state index is 13.0. The molecule has 2 saturated heterocycles. The highest BCUT2D eigenvalue weighted by molar-refractivity contribution is 6.06. The van der Waals surface area contributed by atoms with Gasteiger partial charge in [-0.25, -0.2) is 14.8 Å². The summed E-state index contributed by atoms with van der Waals surface area (Å²) in [4.78, 5) is 39.0. The summed E-state index contributed by atoms with van der Waals surface area (Å²) in [5, 5.41) is 0. The van der Waals surface area contributed by atoms with Gasteiger partial charge in [-0.3, -0.25) is 9.69 Å². The van der Waals surface area contributed by atoms with Crippen LogP contribution in [-0.4, -0.2) is 57.4 Å². The summed E-state index contributed by atoms with van der Waals surface area (Å²) >= 11 is 0. The molecule has 8 heteroatoms. The molecule has 2 N–H and O–H groups in total. The smallest absolute Gasteiger partial charge is 0.327 e. The van der Waals surface area contributed by atoms with Gasteiger partial charge in [-0.05, 0) is 18.4 Å². The van der Waals surface area contributed by atoms with E-state index in [2.05, 4.69) is 14.9 Å². The van der Waals surface area contributed by atoms with Gasteiger partial charge in [-0.2, -0.15) is 0 Å². The number of imide groups is 1. The second-order valence-electron chi connectivity index (χ2n) is 7.04. The maximum absolute atomic E-state index is 13.0. The molecule has 2 fully saturated rings. The van der Waals surface area contributed by atoms with E-state index >= 15 is 0 Å². The number of nitrogen functional groups attached to an aromatic ring is 1. The molecule has 3 heterocycles. The first kappa shape index (κ1) is 17.3. The molecule has 0 atom stereocenters. The topological polar surface area (TPSA) is 95.7 Å². The lowest BCUT2D eigenvalue weighted by Crippen LogP contribution is -2.56. The lowest BCUT2D eigenvalue weighted by atomic mass is 9.85. The number of likely N-dealkylation sites (N-methyl/N-ethyl adjacent to an activating group) is 1. The Hall–Kier alpha value is -3.16. The predicted octanol–water partition coefficient (Wildman–Crippen LogP) is 1.49. The summed E-state index contributed by atoms with van der Waals surface area (Å²) in [7, 11) is 1.56. The van der Waals surface area contributed by atoms with Gasteiger partial charge in [0.25, 0.3) is 5.91 Å². The van der Waals surface area contributed by atoms with Crippen molar-refractivity contribution < 1.29 is 9.59 Å². The van der Waals surface area contributed by atoms with E-state index in [0.717, 1.165) is 11.4 Å². The van der Waals surface area contributed by atoms with Crippen LogP contribution < -0.4 is 10.6 Å². The molecule has 27 heavy (non-hydrogen) atoms. The second-order valence-corrected chi connectivity index (χ2v) is 7.04. The Bertz CT molecular complexity index is 864. The van der Waals surface area contributed by atoms with Crippen molar-refractivity contribution in [3.8, 4) is 0 Å². The summed E-state index contributed by atoms with van der Waals surface area (Å²) in [6, 6.07) is 11.3. The number of urea groups is 1. The van der Waals surface area contributed by atoms with E-state index < -0.39 is 5.54 Å². The Kier molecular flexibility index (Phi) is 4.18. The van der Waals surface area contributed by atoms with Gasteiger partial charge in [0.15, 0.2) is 0 Å². The van der Waals surface area contributed by atoms with Crippen LogP contribution in [0.5, 0.6) is 0 Å². The zero-order valence-electron chi connectivity index (χ0n) is 15.2. The van der Waals surface area contributed by atoms with E-state index in [4.69, 9.17) is 5.73 Å². The highest BCUT2D eigenvalue weighted by atomic mass is 16.2. The highest BCUT2D eigenvalue weighted by Gasteiger charge is 2.56. The molecule has 2 aliphatic heterocycles. The number of carbonyl (C=O) groups is 2. The molecule has 0 bridgehead atoms. The summed E-state index contributed by atoms with van der Waals surface area (Å²) in [6.45, 7) is 1.67. The van der Waals surface area contributed by atoms with Crippen LogP contribution in [0.4, 0.5) is 16.4 Å². The molecule has 3 amide bonds. The number of carbonyl (C=O) groups excluding carboxylic acids is 2. The number of anilines is 2. The van der Waals surface area contributed by atoms with Crippen LogP contribution in [0.3, 0.4) is 0 Å². The average molecular weight is 366 g/mol. The fourth-order valence-electron chi connectivity index (χ4n) is 3.99. The van der Waals surface area contributed by atoms with E-state index in [-0.39, 0.29) is 11.9 Å². The minimum atomic E-state index is -0.795. The molecule has 0 radical (unpaired) electrons. The lowest BCUT2D eigenvalue weighted by molar-refractivity contribution is -0.133. The van der Waals surface area contributed by atoms with Gasteiger partial charge in [0.05, 0.1) is 0 Å². The molecule has 0 unspecified atom stereocenters. The minimum Gasteiger partial charge on any atom is -0.384 e. The Morgan fingerprint density at radius 1 is 1.11 bits per heavy atom. The molecule has 2 aromatic rings. The molecular weight excluding hydrogens is 344 g/mol. The Balaban J connectivity index is 1.58. The Morgan fingerprint density at radius 2 is 1.81 bits per heavy atom. The van der Waals surface area contributed by atoms with Crippen LogP contribution in [0.25, 0.3) is 0 Å². The van der Waals surface area contributed by atoms with Crippen molar-refractivity contribution in [1.29, 1.82) is 0 Å². The number of piperidine rings is 1. The summed E-state index contributed by atoms with van der Waals surface area (Å²) in [5.74, 6) is 1.04. The number of amides is 3. The molecule has 1 spiro atoms. The molecule has 1 aromatic heterocycles. The predicted molar refractivity (Wildman–Crippen MR) is 101 cm³/mol. The van der Waals surface area contributed by atoms with E-state index in [1.807, 2.05) is 30.3 Å². The first-order valence-electron chi connectivity index (χ1n) is 8.97. The molecule has 0 aliphatic carbocycles. The van der Waals surface area contributed by atoms with Crippen LogP contribution in [0.1, 0.15) is 18.4 Å². The van der Waals surface area contributed by atoms with Gasteiger partial charge in [0.1, 0.15) is 23.5 Å². The second kappa shape index (κ2) is 6.53. The van der Waals surface area contributed by atoms with E-state index in [0.29, 0.717) is 38.3 Å². The normalized spacial score (nSPS) is 19.2. The van der Waals surface area contributed by atoms with Crippen LogP contribution in [0, 0.1) is 0 Å². The van der Waals surface area contributed by atoms with Crippen molar-refractivity contribution in [2.45, 2.75) is 24.9 Å². The van der Waals surface area contributed by atoms with Crippen molar-refractivity contribution >= 4 is 23.6 Å². The quantitative estimate of drug-likeness (QED) is 0.827. The van der Waals surface area contributed by atoms with Gasteiger partial charge in [0, 0.05) is 32.7 Å². The van der Waals surface area contributed by atoms with E-state index in [1.165, 1.54) is 11.2 Å². The minimum absolute atomic E-state index is 0.120. The number of aromatic nitrogens is 2. The Morgan fingerprint density at radius 3 is 2.48 bits per heavy atom. The number of benzene rings is 1. The SMILES string of the molecule is CN1C(=O)N(Cc2ccccc2)C2(CCN(c3cc(N)ncn3)CC2)C1=O. The van der Waals surface area contributed by atoms with Crippen molar-refractivity contribution in [3.05, 3.63) is 48.3 Å². The molecule has 8 nitrogen and oxygen atoms in total. The summed E-state index contributed by atoms with van der Waals surface area (Å²) < 4.78 is 0. The number of hydrogen-bond acceptors (Lipinski definition) is 6. The third-order valence-electron chi connectivity index (χ3n) is 5.51. The first-order valence-corrected chi connectivity index (χ1v) is 8.97. The van der Waals surface area contributed by atoms with E-state index in [9.17, 15) is 9.59 Å². The zero-order valence-corrected chi connectivity index (χ0v) is 15.2. The largest absolute Gasteiger partial charge is 0.384 e. The van der Waals surface area contributed by atoms with Gasteiger partial charge in [-0.1, -0.05) is 30.3 Å². The van der Waals surface area contributed by atoms with Gasteiger partial charge < -0.3 is 15.5 Å². The van der Waals surface area contributed by atoms with E-state index in [1.54, 1.807) is 18.0 Å². The highest BCUT2D eigenvalue weighted by Crippen LogP contribution is 2.38. The standard InChI is InChI=1S/C19H22N6O2/c1-23-17(26)19(25(18(23)27)12-14-5-3-2-4-6-14)7-9-24(10-8-19)16-11-15(20)21-13-22-16/h2-6,11,13H,7-10,12H2,1H3,(H2,20,21,22).